The number of carbonyl (C=O) groups is 1. The molecule has 5 nitrogen and oxygen atoms in total. The lowest BCUT2D eigenvalue weighted by Crippen LogP contribution is -2.35. The maximum Gasteiger partial charge on any atom is 0.306 e. The molecule has 21 heavy (non-hydrogen) atoms. The third kappa shape index (κ3) is 3.86. The summed E-state index contributed by atoms with van der Waals surface area (Å²) >= 11 is 3.66. The molecule has 1 aliphatic rings. The van der Waals surface area contributed by atoms with E-state index in [4.69, 9.17) is 5.11 Å². The van der Waals surface area contributed by atoms with E-state index in [2.05, 4.69) is 40.2 Å². The van der Waals surface area contributed by atoms with Crippen LogP contribution < -0.4 is 5.32 Å². The molecule has 0 bridgehead atoms. The quantitative estimate of drug-likeness (QED) is 0.821. The van der Waals surface area contributed by atoms with Crippen molar-refractivity contribution in [3.63, 3.8) is 0 Å². The second-order valence-electron chi connectivity index (χ2n) is 5.64. The van der Waals surface area contributed by atoms with Gasteiger partial charge in [-0.1, -0.05) is 6.92 Å². The molecule has 118 valence electrons. The van der Waals surface area contributed by atoms with Gasteiger partial charge >= 0.3 is 5.97 Å². The van der Waals surface area contributed by atoms with Crippen LogP contribution >= 0.6 is 15.9 Å². The van der Waals surface area contributed by atoms with Crippen LogP contribution in [0.25, 0.3) is 0 Å². The molecule has 2 rings (SSSR count). The van der Waals surface area contributed by atoms with Gasteiger partial charge < -0.3 is 10.4 Å². The Morgan fingerprint density at radius 3 is 2.57 bits per heavy atom. The Labute approximate surface area is 134 Å². The van der Waals surface area contributed by atoms with E-state index in [9.17, 15) is 4.79 Å². The first-order valence-corrected chi connectivity index (χ1v) is 8.56. The lowest BCUT2D eigenvalue weighted by Gasteiger charge is -2.27. The molecule has 0 aromatic carbocycles. The number of aryl methyl sites for hydroxylation is 2. The number of rotatable bonds is 6. The van der Waals surface area contributed by atoms with Gasteiger partial charge in [-0.15, -0.1) is 0 Å². The van der Waals surface area contributed by atoms with E-state index < -0.39 is 5.97 Å². The third-order valence-corrected chi connectivity index (χ3v) is 5.24. The van der Waals surface area contributed by atoms with Crippen molar-refractivity contribution in [2.24, 2.45) is 5.92 Å². The van der Waals surface area contributed by atoms with Crippen molar-refractivity contribution in [2.75, 3.05) is 0 Å². The zero-order valence-electron chi connectivity index (χ0n) is 12.7. The van der Waals surface area contributed by atoms with E-state index in [0.717, 1.165) is 55.4 Å². The van der Waals surface area contributed by atoms with Crippen molar-refractivity contribution in [3.8, 4) is 0 Å². The minimum atomic E-state index is -0.646. The van der Waals surface area contributed by atoms with E-state index >= 15 is 0 Å². The topological polar surface area (TPSA) is 67.2 Å². The summed E-state index contributed by atoms with van der Waals surface area (Å²) in [4.78, 5) is 11.0. The largest absolute Gasteiger partial charge is 0.481 e. The van der Waals surface area contributed by atoms with Crippen LogP contribution in [0.5, 0.6) is 0 Å². The predicted octanol–water partition coefficient (Wildman–Crippen LogP) is 2.96. The van der Waals surface area contributed by atoms with Gasteiger partial charge in [0.15, 0.2) is 0 Å². The summed E-state index contributed by atoms with van der Waals surface area (Å²) in [6.07, 6.45) is 4.36. The molecule has 0 unspecified atom stereocenters. The van der Waals surface area contributed by atoms with E-state index in [1.165, 1.54) is 5.69 Å². The van der Waals surface area contributed by atoms with Gasteiger partial charge in [-0.05, 0) is 55.0 Å². The van der Waals surface area contributed by atoms with E-state index in [-0.39, 0.29) is 5.92 Å². The molecule has 0 aliphatic heterocycles. The number of carboxylic acids is 1. The van der Waals surface area contributed by atoms with Gasteiger partial charge in [0.1, 0.15) is 0 Å². The van der Waals surface area contributed by atoms with Crippen molar-refractivity contribution in [2.45, 2.75) is 65.1 Å². The molecule has 6 heteroatoms. The fourth-order valence-corrected chi connectivity index (χ4v) is 3.68. The van der Waals surface area contributed by atoms with Crippen molar-refractivity contribution < 1.29 is 9.90 Å². The summed E-state index contributed by atoms with van der Waals surface area (Å²) in [5, 5.41) is 17.2. The Morgan fingerprint density at radius 1 is 1.38 bits per heavy atom. The van der Waals surface area contributed by atoms with Crippen LogP contribution in [0.2, 0.25) is 0 Å². The first-order valence-electron chi connectivity index (χ1n) is 7.77. The number of hydrogen-bond acceptors (Lipinski definition) is 3. The van der Waals surface area contributed by atoms with Crippen LogP contribution in [0.4, 0.5) is 0 Å². The standard InChI is InChI=1S/C15H24BrN3O2/c1-3-12-14(16)13(19(4-2)18-12)9-17-11-7-5-10(6-8-11)15(20)21/h10-11,17H,3-9H2,1-2H3,(H,20,21). The summed E-state index contributed by atoms with van der Waals surface area (Å²) in [5.74, 6) is -0.796. The summed E-state index contributed by atoms with van der Waals surface area (Å²) in [7, 11) is 0. The molecule has 0 radical (unpaired) electrons. The highest BCUT2D eigenvalue weighted by molar-refractivity contribution is 9.10. The van der Waals surface area contributed by atoms with Gasteiger partial charge in [-0.25, -0.2) is 0 Å². The molecule has 1 fully saturated rings. The van der Waals surface area contributed by atoms with Crippen molar-refractivity contribution in [1.29, 1.82) is 0 Å². The Balaban J connectivity index is 1.92. The highest BCUT2D eigenvalue weighted by Crippen LogP contribution is 2.26. The number of carboxylic acid groups (broad SMARTS) is 1. The fraction of sp³-hybridized carbons (Fsp3) is 0.733. The van der Waals surface area contributed by atoms with Gasteiger partial charge in [-0.3, -0.25) is 9.48 Å². The molecule has 1 aromatic heterocycles. The van der Waals surface area contributed by atoms with Crippen molar-refractivity contribution in [1.82, 2.24) is 15.1 Å². The summed E-state index contributed by atoms with van der Waals surface area (Å²) in [6.45, 7) is 5.85. The molecule has 1 heterocycles. The van der Waals surface area contributed by atoms with Gasteiger partial charge in [0.25, 0.3) is 0 Å². The predicted molar refractivity (Wildman–Crippen MR) is 85.2 cm³/mol. The molecule has 2 N–H and O–H groups in total. The third-order valence-electron chi connectivity index (χ3n) is 4.33. The number of halogens is 1. The zero-order valence-corrected chi connectivity index (χ0v) is 14.3. The number of nitrogens with one attached hydrogen (secondary N) is 1. The number of hydrogen-bond donors (Lipinski definition) is 2. The smallest absolute Gasteiger partial charge is 0.306 e. The average Bonchev–Trinajstić information content (AvgIpc) is 2.81. The van der Waals surface area contributed by atoms with Crippen molar-refractivity contribution in [3.05, 3.63) is 15.9 Å². The molecule has 0 saturated heterocycles. The molecule has 1 aliphatic carbocycles. The summed E-state index contributed by atoms with van der Waals surface area (Å²) in [5.41, 5.74) is 2.29. The van der Waals surface area contributed by atoms with Crippen LogP contribution in [0, 0.1) is 5.92 Å². The molecule has 0 spiro atoms. The van der Waals surface area contributed by atoms with Crippen LogP contribution in [-0.4, -0.2) is 26.9 Å². The summed E-state index contributed by atoms with van der Waals surface area (Å²) in [6, 6.07) is 0.415. The number of nitrogens with zero attached hydrogens (tertiary/aromatic N) is 2. The van der Waals surface area contributed by atoms with Gasteiger partial charge in [-0.2, -0.15) is 5.10 Å². The lowest BCUT2D eigenvalue weighted by molar-refractivity contribution is -0.142. The van der Waals surface area contributed by atoms with Crippen molar-refractivity contribution >= 4 is 21.9 Å². The van der Waals surface area contributed by atoms with Gasteiger partial charge in [0, 0.05) is 19.1 Å². The Kier molecular flexibility index (Phi) is 5.81. The van der Waals surface area contributed by atoms with Crippen LogP contribution in [-0.2, 0) is 24.3 Å². The number of aromatic nitrogens is 2. The first kappa shape index (κ1) is 16.5. The second-order valence-corrected chi connectivity index (χ2v) is 6.44. The average molecular weight is 358 g/mol. The van der Waals surface area contributed by atoms with E-state index in [1.54, 1.807) is 0 Å². The van der Waals surface area contributed by atoms with Crippen LogP contribution in [0.15, 0.2) is 4.47 Å². The van der Waals surface area contributed by atoms with Crippen LogP contribution in [0.3, 0.4) is 0 Å². The Bertz CT molecular complexity index is 493. The second kappa shape index (κ2) is 7.40. The highest BCUT2D eigenvalue weighted by Gasteiger charge is 2.26. The molecule has 1 saturated carbocycles. The zero-order chi connectivity index (χ0) is 15.4. The first-order chi connectivity index (χ1) is 10.1. The molecular formula is C15H24BrN3O2. The maximum absolute atomic E-state index is 11.0. The number of aliphatic carboxylic acids is 1. The minimum absolute atomic E-state index is 0.150. The Hall–Kier alpha value is -0.880. The fourth-order valence-electron chi connectivity index (χ4n) is 2.97. The van der Waals surface area contributed by atoms with E-state index in [0.29, 0.717) is 6.04 Å². The molecule has 1 aromatic rings. The molecule has 0 amide bonds. The van der Waals surface area contributed by atoms with Gasteiger partial charge in [0.2, 0.25) is 0 Å². The highest BCUT2D eigenvalue weighted by atomic mass is 79.9. The van der Waals surface area contributed by atoms with E-state index in [1.807, 2.05) is 4.68 Å². The normalized spacial score (nSPS) is 22.4. The lowest BCUT2D eigenvalue weighted by atomic mass is 9.86. The van der Waals surface area contributed by atoms with Gasteiger partial charge in [0.05, 0.1) is 21.8 Å². The monoisotopic (exact) mass is 357 g/mol. The Morgan fingerprint density at radius 2 is 2.05 bits per heavy atom. The molecular weight excluding hydrogens is 334 g/mol. The maximum atomic E-state index is 11.0. The SMILES string of the molecule is CCc1nn(CC)c(CNC2CCC(C(=O)O)CC2)c1Br. The minimum Gasteiger partial charge on any atom is -0.481 e. The van der Waals surface area contributed by atoms with Crippen LogP contribution in [0.1, 0.15) is 50.9 Å². The molecule has 0 atom stereocenters. The summed E-state index contributed by atoms with van der Waals surface area (Å²) < 4.78 is 3.15.